The Morgan fingerprint density at radius 1 is 1.03 bits per heavy atom. The SMILES string of the molecule is CCC(=O)Nc1c(C)nn(-c2ccccc2)c1N1CCC(C(=O)N[C@@H](C)c2ccccc2)CC1. The van der Waals surface area contributed by atoms with Crippen molar-refractivity contribution in [3.63, 3.8) is 0 Å². The zero-order chi connectivity index (χ0) is 24.1. The molecule has 178 valence electrons. The van der Waals surface area contributed by atoms with Gasteiger partial charge in [0.25, 0.3) is 0 Å². The van der Waals surface area contributed by atoms with Gasteiger partial charge in [0, 0.05) is 25.4 Å². The van der Waals surface area contributed by atoms with Crippen molar-refractivity contribution in [2.75, 3.05) is 23.3 Å². The zero-order valence-electron chi connectivity index (χ0n) is 20.1. The maximum atomic E-state index is 13.0. The molecule has 3 aromatic rings. The minimum Gasteiger partial charge on any atom is -0.355 e. The van der Waals surface area contributed by atoms with Crippen molar-refractivity contribution in [3.8, 4) is 5.69 Å². The number of aromatic nitrogens is 2. The van der Waals surface area contributed by atoms with Crippen LogP contribution in [0.3, 0.4) is 0 Å². The lowest BCUT2D eigenvalue weighted by molar-refractivity contribution is -0.126. The van der Waals surface area contributed by atoms with E-state index in [1.165, 1.54) is 0 Å². The molecule has 4 rings (SSSR count). The van der Waals surface area contributed by atoms with Crippen molar-refractivity contribution in [2.45, 2.75) is 46.1 Å². The molecule has 0 unspecified atom stereocenters. The van der Waals surface area contributed by atoms with Gasteiger partial charge in [-0.25, -0.2) is 4.68 Å². The Balaban J connectivity index is 1.51. The van der Waals surface area contributed by atoms with Gasteiger partial charge in [0.1, 0.15) is 5.69 Å². The number of hydrogen-bond donors (Lipinski definition) is 2. The van der Waals surface area contributed by atoms with Gasteiger partial charge in [0.15, 0.2) is 5.82 Å². The third-order valence-electron chi connectivity index (χ3n) is 6.45. The highest BCUT2D eigenvalue weighted by atomic mass is 16.2. The lowest BCUT2D eigenvalue weighted by atomic mass is 9.95. The second-order valence-electron chi connectivity index (χ2n) is 8.84. The van der Waals surface area contributed by atoms with Crippen LogP contribution in [0.4, 0.5) is 11.5 Å². The van der Waals surface area contributed by atoms with E-state index >= 15 is 0 Å². The van der Waals surface area contributed by atoms with Crippen molar-refractivity contribution in [1.29, 1.82) is 0 Å². The van der Waals surface area contributed by atoms with Crippen LogP contribution >= 0.6 is 0 Å². The fraction of sp³-hybridized carbons (Fsp3) is 0.370. The van der Waals surface area contributed by atoms with E-state index < -0.39 is 0 Å². The Labute approximate surface area is 201 Å². The molecule has 2 amide bonds. The molecule has 1 aliphatic rings. The minimum absolute atomic E-state index is 0.0234. The number of hydrogen-bond acceptors (Lipinski definition) is 4. The van der Waals surface area contributed by atoms with Gasteiger partial charge in [0.05, 0.1) is 17.4 Å². The van der Waals surface area contributed by atoms with Crippen LogP contribution < -0.4 is 15.5 Å². The summed E-state index contributed by atoms with van der Waals surface area (Å²) in [5, 5.41) is 11.0. The van der Waals surface area contributed by atoms with Crippen LogP contribution in [0.25, 0.3) is 5.69 Å². The first-order valence-electron chi connectivity index (χ1n) is 12.0. The van der Waals surface area contributed by atoms with Crippen LogP contribution in [-0.4, -0.2) is 34.7 Å². The van der Waals surface area contributed by atoms with Crippen molar-refractivity contribution in [2.24, 2.45) is 5.92 Å². The van der Waals surface area contributed by atoms with E-state index in [0.717, 1.165) is 41.3 Å². The van der Waals surface area contributed by atoms with E-state index in [9.17, 15) is 9.59 Å². The topological polar surface area (TPSA) is 79.3 Å². The van der Waals surface area contributed by atoms with Crippen LogP contribution in [0.1, 0.15) is 50.4 Å². The summed E-state index contributed by atoms with van der Waals surface area (Å²) in [6, 6.07) is 19.9. The molecule has 0 radical (unpaired) electrons. The third kappa shape index (κ3) is 5.14. The molecular formula is C27H33N5O2. The Kier molecular flexibility index (Phi) is 7.30. The number of piperidine rings is 1. The fourth-order valence-corrected chi connectivity index (χ4v) is 4.44. The summed E-state index contributed by atoms with van der Waals surface area (Å²) in [6.45, 7) is 7.20. The molecular weight excluding hydrogens is 426 g/mol. The van der Waals surface area contributed by atoms with E-state index in [1.807, 2.05) is 86.1 Å². The quantitative estimate of drug-likeness (QED) is 0.540. The van der Waals surface area contributed by atoms with Gasteiger partial charge >= 0.3 is 0 Å². The van der Waals surface area contributed by atoms with Crippen molar-refractivity contribution < 1.29 is 9.59 Å². The van der Waals surface area contributed by atoms with Gasteiger partial charge in [-0.1, -0.05) is 55.5 Å². The number of carbonyl (C=O) groups excluding carboxylic acids is 2. The van der Waals surface area contributed by atoms with Crippen LogP contribution in [-0.2, 0) is 9.59 Å². The lowest BCUT2D eigenvalue weighted by Crippen LogP contribution is -2.42. The molecule has 7 nitrogen and oxygen atoms in total. The lowest BCUT2D eigenvalue weighted by Gasteiger charge is -2.34. The Hall–Kier alpha value is -3.61. The summed E-state index contributed by atoms with van der Waals surface area (Å²) in [5.74, 6) is 0.900. The highest BCUT2D eigenvalue weighted by molar-refractivity contribution is 5.94. The van der Waals surface area contributed by atoms with Gasteiger partial charge < -0.3 is 15.5 Å². The third-order valence-corrected chi connectivity index (χ3v) is 6.45. The highest BCUT2D eigenvalue weighted by Gasteiger charge is 2.30. The molecule has 0 spiro atoms. The first-order chi connectivity index (χ1) is 16.5. The number of anilines is 2. The second-order valence-corrected chi connectivity index (χ2v) is 8.84. The normalized spacial score (nSPS) is 15.1. The average Bonchev–Trinajstić information content (AvgIpc) is 3.20. The predicted octanol–water partition coefficient (Wildman–Crippen LogP) is 4.62. The number of benzene rings is 2. The number of aryl methyl sites for hydroxylation is 1. The van der Waals surface area contributed by atoms with Crippen LogP contribution in [0.15, 0.2) is 60.7 Å². The summed E-state index contributed by atoms with van der Waals surface area (Å²) >= 11 is 0. The van der Waals surface area contributed by atoms with Gasteiger partial charge in [-0.3, -0.25) is 9.59 Å². The molecule has 1 aromatic heterocycles. The number of rotatable bonds is 7. The molecule has 2 aromatic carbocycles. The molecule has 0 aliphatic carbocycles. The highest BCUT2D eigenvalue weighted by Crippen LogP contribution is 2.35. The average molecular weight is 460 g/mol. The van der Waals surface area contributed by atoms with Crippen LogP contribution in [0.5, 0.6) is 0 Å². The molecule has 34 heavy (non-hydrogen) atoms. The van der Waals surface area contributed by atoms with Crippen molar-refractivity contribution >= 4 is 23.3 Å². The molecule has 1 saturated heterocycles. The van der Waals surface area contributed by atoms with E-state index in [4.69, 9.17) is 5.10 Å². The number of amides is 2. The summed E-state index contributed by atoms with van der Waals surface area (Å²) in [5.41, 5.74) is 3.56. The fourth-order valence-electron chi connectivity index (χ4n) is 4.44. The smallest absolute Gasteiger partial charge is 0.224 e. The maximum absolute atomic E-state index is 13.0. The summed E-state index contributed by atoms with van der Waals surface area (Å²) < 4.78 is 1.90. The Bertz CT molecular complexity index is 1120. The predicted molar refractivity (Wildman–Crippen MR) is 135 cm³/mol. The monoisotopic (exact) mass is 459 g/mol. The van der Waals surface area contributed by atoms with E-state index in [2.05, 4.69) is 15.5 Å². The molecule has 0 saturated carbocycles. The standard InChI is InChI=1S/C27H33N5O2/c1-4-24(33)29-25-20(3)30-32(23-13-9-6-10-14-23)27(25)31-17-15-22(16-18-31)26(34)28-19(2)21-11-7-5-8-12-21/h5-14,19,22H,4,15-18H2,1-3H3,(H,28,34)(H,29,33)/t19-/m0/s1. The van der Waals surface area contributed by atoms with Crippen LogP contribution in [0, 0.1) is 12.8 Å². The Morgan fingerprint density at radius 2 is 1.65 bits per heavy atom. The van der Waals surface area contributed by atoms with E-state index in [0.29, 0.717) is 19.5 Å². The first kappa shape index (κ1) is 23.5. The number of nitrogens with one attached hydrogen (secondary N) is 2. The van der Waals surface area contributed by atoms with Gasteiger partial charge in [0.2, 0.25) is 11.8 Å². The molecule has 7 heteroatoms. The summed E-state index contributed by atoms with van der Waals surface area (Å²) in [7, 11) is 0. The van der Waals surface area contributed by atoms with Crippen molar-refractivity contribution in [3.05, 3.63) is 71.9 Å². The van der Waals surface area contributed by atoms with E-state index in [1.54, 1.807) is 0 Å². The molecule has 1 atom stereocenters. The van der Waals surface area contributed by atoms with Gasteiger partial charge in [-0.15, -0.1) is 0 Å². The largest absolute Gasteiger partial charge is 0.355 e. The molecule has 2 heterocycles. The molecule has 1 aliphatic heterocycles. The second kappa shape index (κ2) is 10.5. The number of nitrogens with zero attached hydrogens (tertiary/aromatic N) is 3. The molecule has 0 bridgehead atoms. The number of carbonyl (C=O) groups is 2. The van der Waals surface area contributed by atoms with Crippen molar-refractivity contribution in [1.82, 2.24) is 15.1 Å². The van der Waals surface area contributed by atoms with Gasteiger partial charge in [-0.2, -0.15) is 5.10 Å². The van der Waals surface area contributed by atoms with Gasteiger partial charge in [-0.05, 0) is 44.4 Å². The first-order valence-corrected chi connectivity index (χ1v) is 12.0. The maximum Gasteiger partial charge on any atom is 0.224 e. The summed E-state index contributed by atoms with van der Waals surface area (Å²) in [4.78, 5) is 27.5. The zero-order valence-corrected chi connectivity index (χ0v) is 20.1. The van der Waals surface area contributed by atoms with E-state index in [-0.39, 0.29) is 23.8 Å². The Morgan fingerprint density at radius 3 is 2.26 bits per heavy atom. The van der Waals surface area contributed by atoms with Crippen LogP contribution in [0.2, 0.25) is 0 Å². The summed E-state index contributed by atoms with van der Waals surface area (Å²) in [6.07, 6.45) is 1.89. The minimum atomic E-state index is -0.0406. The number of para-hydroxylation sites is 1. The molecule has 1 fully saturated rings. The molecule has 2 N–H and O–H groups in total.